The summed E-state index contributed by atoms with van der Waals surface area (Å²) in [5, 5.41) is 11.2. The Morgan fingerprint density at radius 1 is 1.38 bits per heavy atom. The van der Waals surface area contributed by atoms with Crippen molar-refractivity contribution in [2.24, 2.45) is 5.84 Å². The standard InChI is InChI=1S/C12H12BrN5O3/c1-6-3-4-8(13)5-9(6)21-11-10(18(19)20)7(2)15-12(16-11)17-14/h3-5H,14H2,1-2H3,(H,15,16,17). The van der Waals surface area contributed by atoms with Crippen LogP contribution in [0, 0.1) is 24.0 Å². The number of rotatable bonds is 4. The largest absolute Gasteiger partial charge is 0.433 e. The van der Waals surface area contributed by atoms with Crippen molar-refractivity contribution in [3.63, 3.8) is 0 Å². The Kier molecular flexibility index (Phi) is 4.34. The quantitative estimate of drug-likeness (QED) is 0.493. The van der Waals surface area contributed by atoms with Crippen LogP contribution in [0.15, 0.2) is 22.7 Å². The number of anilines is 1. The van der Waals surface area contributed by atoms with Crippen LogP contribution in [-0.4, -0.2) is 14.9 Å². The number of nitrogens with one attached hydrogen (secondary N) is 1. The average molecular weight is 354 g/mol. The summed E-state index contributed by atoms with van der Waals surface area (Å²) in [7, 11) is 0. The molecule has 0 saturated heterocycles. The van der Waals surface area contributed by atoms with Crippen molar-refractivity contribution in [3.05, 3.63) is 44.0 Å². The van der Waals surface area contributed by atoms with Crippen molar-refractivity contribution in [3.8, 4) is 11.6 Å². The fourth-order valence-electron chi connectivity index (χ4n) is 1.67. The van der Waals surface area contributed by atoms with Crippen LogP contribution in [0.3, 0.4) is 0 Å². The summed E-state index contributed by atoms with van der Waals surface area (Å²) in [6.07, 6.45) is 0. The first-order valence-electron chi connectivity index (χ1n) is 5.86. The zero-order valence-corrected chi connectivity index (χ0v) is 12.8. The number of nitro groups is 1. The first kappa shape index (κ1) is 15.1. The van der Waals surface area contributed by atoms with Gasteiger partial charge in [-0.3, -0.25) is 15.5 Å². The second-order valence-corrected chi connectivity index (χ2v) is 5.12. The molecule has 0 bridgehead atoms. The molecule has 0 unspecified atom stereocenters. The lowest BCUT2D eigenvalue weighted by atomic mass is 10.2. The summed E-state index contributed by atoms with van der Waals surface area (Å²) in [5.41, 5.74) is 2.92. The van der Waals surface area contributed by atoms with Crippen molar-refractivity contribution >= 4 is 27.6 Å². The third-order valence-corrected chi connectivity index (χ3v) is 3.19. The molecule has 8 nitrogen and oxygen atoms in total. The average Bonchev–Trinajstić information content (AvgIpc) is 2.41. The van der Waals surface area contributed by atoms with Gasteiger partial charge in [-0.05, 0) is 31.5 Å². The van der Waals surface area contributed by atoms with Gasteiger partial charge in [-0.25, -0.2) is 10.8 Å². The minimum absolute atomic E-state index is 0.0424. The summed E-state index contributed by atoms with van der Waals surface area (Å²) >= 11 is 3.32. The second-order valence-electron chi connectivity index (χ2n) is 4.20. The molecule has 2 rings (SSSR count). The minimum Gasteiger partial charge on any atom is -0.433 e. The van der Waals surface area contributed by atoms with Crippen molar-refractivity contribution in [1.29, 1.82) is 0 Å². The van der Waals surface area contributed by atoms with Gasteiger partial charge in [-0.15, -0.1) is 0 Å². The van der Waals surface area contributed by atoms with Gasteiger partial charge in [0.1, 0.15) is 11.4 Å². The van der Waals surface area contributed by atoms with E-state index in [-0.39, 0.29) is 23.2 Å². The fourth-order valence-corrected chi connectivity index (χ4v) is 2.01. The summed E-state index contributed by atoms with van der Waals surface area (Å²) < 4.78 is 6.37. The van der Waals surface area contributed by atoms with E-state index in [1.165, 1.54) is 6.92 Å². The molecule has 1 aromatic carbocycles. The molecule has 1 heterocycles. The van der Waals surface area contributed by atoms with Crippen LogP contribution in [0.1, 0.15) is 11.3 Å². The topological polar surface area (TPSA) is 116 Å². The Balaban J connectivity index is 2.54. The third-order valence-electron chi connectivity index (χ3n) is 2.69. The van der Waals surface area contributed by atoms with Gasteiger partial charge in [0.15, 0.2) is 0 Å². The summed E-state index contributed by atoms with van der Waals surface area (Å²) in [4.78, 5) is 18.4. The molecular formula is C12H12BrN5O3. The van der Waals surface area contributed by atoms with Crippen LogP contribution in [0.4, 0.5) is 11.6 Å². The number of nitrogens with zero attached hydrogens (tertiary/aromatic N) is 3. The molecule has 0 aliphatic carbocycles. The molecule has 0 saturated carbocycles. The molecule has 0 radical (unpaired) electrons. The van der Waals surface area contributed by atoms with E-state index in [4.69, 9.17) is 10.6 Å². The molecule has 0 spiro atoms. The molecule has 0 aliphatic rings. The number of aromatic nitrogens is 2. The lowest BCUT2D eigenvalue weighted by Gasteiger charge is -2.10. The number of halogens is 1. The molecule has 0 atom stereocenters. The molecule has 0 amide bonds. The zero-order valence-electron chi connectivity index (χ0n) is 11.3. The number of hydrazine groups is 1. The zero-order chi connectivity index (χ0) is 15.6. The van der Waals surface area contributed by atoms with E-state index in [0.717, 1.165) is 10.0 Å². The highest BCUT2D eigenvalue weighted by atomic mass is 79.9. The maximum atomic E-state index is 11.2. The van der Waals surface area contributed by atoms with Gasteiger partial charge in [0.25, 0.3) is 0 Å². The summed E-state index contributed by atoms with van der Waals surface area (Å²) in [6, 6.07) is 5.36. The maximum absolute atomic E-state index is 11.2. The van der Waals surface area contributed by atoms with E-state index in [9.17, 15) is 10.1 Å². The van der Waals surface area contributed by atoms with Crippen molar-refractivity contribution in [2.45, 2.75) is 13.8 Å². The van der Waals surface area contributed by atoms with E-state index >= 15 is 0 Å². The van der Waals surface area contributed by atoms with Crippen LogP contribution in [0.5, 0.6) is 11.6 Å². The smallest absolute Gasteiger partial charge is 0.352 e. The van der Waals surface area contributed by atoms with Crippen LogP contribution < -0.4 is 16.0 Å². The van der Waals surface area contributed by atoms with Crippen LogP contribution in [-0.2, 0) is 0 Å². The molecule has 110 valence electrons. The Hall–Kier alpha value is -2.26. The third kappa shape index (κ3) is 3.26. The number of hydrogen-bond acceptors (Lipinski definition) is 7. The van der Waals surface area contributed by atoms with Crippen LogP contribution in [0.25, 0.3) is 0 Å². The predicted octanol–water partition coefficient (Wildman–Crippen LogP) is 2.84. The van der Waals surface area contributed by atoms with Crippen LogP contribution >= 0.6 is 15.9 Å². The Morgan fingerprint density at radius 3 is 2.71 bits per heavy atom. The van der Waals surface area contributed by atoms with Crippen molar-refractivity contribution in [1.82, 2.24) is 9.97 Å². The van der Waals surface area contributed by atoms with Gasteiger partial charge < -0.3 is 4.74 Å². The Labute approximate surface area is 128 Å². The van der Waals surface area contributed by atoms with Crippen molar-refractivity contribution < 1.29 is 9.66 Å². The Bertz CT molecular complexity index is 708. The molecule has 0 fully saturated rings. The predicted molar refractivity (Wildman–Crippen MR) is 80.2 cm³/mol. The number of nitrogens with two attached hydrogens (primary N) is 1. The monoisotopic (exact) mass is 353 g/mol. The van der Waals surface area contributed by atoms with Gasteiger partial charge >= 0.3 is 11.6 Å². The summed E-state index contributed by atoms with van der Waals surface area (Å²) in [5.74, 6) is 5.58. The van der Waals surface area contributed by atoms with E-state index < -0.39 is 4.92 Å². The molecule has 2 aromatic rings. The molecular weight excluding hydrogens is 342 g/mol. The first-order valence-corrected chi connectivity index (χ1v) is 6.65. The maximum Gasteiger partial charge on any atom is 0.352 e. The normalized spacial score (nSPS) is 10.3. The fraction of sp³-hybridized carbons (Fsp3) is 0.167. The number of hydrogen-bond donors (Lipinski definition) is 2. The molecule has 9 heteroatoms. The van der Waals surface area contributed by atoms with E-state index in [2.05, 4.69) is 31.3 Å². The lowest BCUT2D eigenvalue weighted by Crippen LogP contribution is -2.12. The Morgan fingerprint density at radius 2 is 2.10 bits per heavy atom. The van der Waals surface area contributed by atoms with Gasteiger partial charge in [0, 0.05) is 4.47 Å². The lowest BCUT2D eigenvalue weighted by molar-refractivity contribution is -0.386. The number of benzene rings is 1. The minimum atomic E-state index is -0.585. The number of aryl methyl sites for hydroxylation is 2. The van der Waals surface area contributed by atoms with Crippen molar-refractivity contribution in [2.75, 3.05) is 5.43 Å². The second kappa shape index (κ2) is 6.02. The molecule has 1 aromatic heterocycles. The molecule has 0 aliphatic heterocycles. The van der Waals surface area contributed by atoms with Gasteiger partial charge in [-0.1, -0.05) is 22.0 Å². The highest BCUT2D eigenvalue weighted by molar-refractivity contribution is 9.10. The number of nitrogen functional groups attached to an aromatic ring is 1. The van der Waals surface area contributed by atoms with Gasteiger partial charge in [0.2, 0.25) is 5.95 Å². The summed E-state index contributed by atoms with van der Waals surface area (Å²) in [6.45, 7) is 3.31. The van der Waals surface area contributed by atoms with Gasteiger partial charge in [-0.2, -0.15) is 4.98 Å². The number of ether oxygens (including phenoxy) is 1. The SMILES string of the molecule is Cc1ccc(Br)cc1Oc1nc(NN)nc(C)c1[N+](=O)[O-]. The van der Waals surface area contributed by atoms with Gasteiger partial charge in [0.05, 0.1) is 4.92 Å². The highest BCUT2D eigenvalue weighted by Crippen LogP contribution is 2.34. The molecule has 21 heavy (non-hydrogen) atoms. The van der Waals surface area contributed by atoms with E-state index in [0.29, 0.717) is 5.75 Å². The van der Waals surface area contributed by atoms with E-state index in [1.54, 1.807) is 6.07 Å². The molecule has 3 N–H and O–H groups in total. The first-order chi connectivity index (χ1) is 9.92. The highest BCUT2D eigenvalue weighted by Gasteiger charge is 2.24. The van der Waals surface area contributed by atoms with E-state index in [1.807, 2.05) is 19.1 Å². The van der Waals surface area contributed by atoms with Crippen LogP contribution in [0.2, 0.25) is 0 Å².